The molecule has 1 aliphatic rings. The van der Waals surface area contributed by atoms with Crippen LogP contribution in [0.1, 0.15) is 44.2 Å². The molecule has 0 bridgehead atoms. The summed E-state index contributed by atoms with van der Waals surface area (Å²) in [6.45, 7) is 8.77. The second kappa shape index (κ2) is 8.62. The van der Waals surface area contributed by atoms with Crippen LogP contribution in [0.25, 0.3) is 0 Å². The average molecular weight is 365 g/mol. The van der Waals surface area contributed by atoms with E-state index in [1.165, 1.54) is 30.4 Å². The lowest BCUT2D eigenvalue weighted by molar-refractivity contribution is 0.224. The topological polar surface area (TPSA) is 48.1 Å². The van der Waals surface area contributed by atoms with Gasteiger partial charge in [0.15, 0.2) is 10.2 Å². The summed E-state index contributed by atoms with van der Waals surface area (Å²) < 4.78 is 0. The number of nitrogens with one attached hydrogen (secondary N) is 4. The highest BCUT2D eigenvalue weighted by Crippen LogP contribution is 2.29. The fraction of sp³-hybridized carbons (Fsp3) is 0.556. The summed E-state index contributed by atoms with van der Waals surface area (Å²) in [5.74, 6) is 1.36. The number of aryl methyl sites for hydroxylation is 1. The predicted octanol–water partition coefficient (Wildman–Crippen LogP) is 3.79. The third-order valence-electron chi connectivity index (χ3n) is 5.17. The summed E-state index contributed by atoms with van der Waals surface area (Å²) in [5.41, 5.74) is 9.37. The lowest BCUT2D eigenvalue weighted by Gasteiger charge is -2.35. The van der Waals surface area contributed by atoms with Crippen molar-refractivity contribution >= 4 is 40.3 Å². The monoisotopic (exact) mass is 364 g/mol. The van der Waals surface area contributed by atoms with E-state index in [0.29, 0.717) is 22.2 Å². The maximum Gasteiger partial charge on any atom is 0.189 e. The molecule has 132 valence electrons. The zero-order chi connectivity index (χ0) is 17.7. The highest BCUT2D eigenvalue weighted by atomic mass is 32.1. The first-order valence-electron chi connectivity index (χ1n) is 8.58. The summed E-state index contributed by atoms with van der Waals surface area (Å²) in [7, 11) is 0. The van der Waals surface area contributed by atoms with Crippen molar-refractivity contribution in [2.75, 3.05) is 5.32 Å². The van der Waals surface area contributed by atoms with Gasteiger partial charge < -0.3 is 10.6 Å². The summed E-state index contributed by atoms with van der Waals surface area (Å²) in [6, 6.07) is 6.54. The van der Waals surface area contributed by atoms with E-state index in [4.69, 9.17) is 24.4 Å². The Labute approximate surface area is 156 Å². The van der Waals surface area contributed by atoms with Crippen LogP contribution in [0.2, 0.25) is 0 Å². The largest absolute Gasteiger partial charge is 0.358 e. The van der Waals surface area contributed by atoms with Gasteiger partial charge in [-0.1, -0.05) is 38.8 Å². The number of anilines is 1. The van der Waals surface area contributed by atoms with E-state index in [-0.39, 0.29) is 0 Å². The predicted molar refractivity (Wildman–Crippen MR) is 110 cm³/mol. The maximum atomic E-state index is 5.38. The van der Waals surface area contributed by atoms with Crippen molar-refractivity contribution in [3.63, 3.8) is 0 Å². The van der Waals surface area contributed by atoms with Crippen molar-refractivity contribution in [3.05, 3.63) is 29.3 Å². The molecule has 1 aliphatic carbocycles. The van der Waals surface area contributed by atoms with Gasteiger partial charge >= 0.3 is 0 Å². The molecular weight excluding hydrogens is 336 g/mol. The van der Waals surface area contributed by atoms with Crippen molar-refractivity contribution in [1.29, 1.82) is 0 Å². The van der Waals surface area contributed by atoms with Crippen LogP contribution in [0.15, 0.2) is 18.2 Å². The minimum atomic E-state index is 0.427. The quantitative estimate of drug-likeness (QED) is 0.473. The van der Waals surface area contributed by atoms with Gasteiger partial charge in [0.05, 0.1) is 0 Å². The summed E-state index contributed by atoms with van der Waals surface area (Å²) in [5, 5.41) is 7.69. The van der Waals surface area contributed by atoms with E-state index in [1.807, 2.05) is 12.1 Å². The Bertz CT molecular complexity index is 603. The zero-order valence-corrected chi connectivity index (χ0v) is 16.5. The molecule has 0 heterocycles. The smallest absolute Gasteiger partial charge is 0.189 e. The van der Waals surface area contributed by atoms with Gasteiger partial charge in [0.25, 0.3) is 0 Å². The van der Waals surface area contributed by atoms with Crippen LogP contribution in [0.5, 0.6) is 0 Å². The second-order valence-corrected chi connectivity index (χ2v) is 7.62. The molecule has 1 fully saturated rings. The van der Waals surface area contributed by atoms with Crippen molar-refractivity contribution < 1.29 is 0 Å². The van der Waals surface area contributed by atoms with Crippen molar-refractivity contribution in [3.8, 4) is 0 Å². The summed E-state index contributed by atoms with van der Waals surface area (Å²) in [4.78, 5) is 0. The fourth-order valence-electron chi connectivity index (χ4n) is 3.14. The van der Waals surface area contributed by atoms with Crippen LogP contribution >= 0.6 is 24.4 Å². The first-order valence-corrected chi connectivity index (χ1v) is 9.40. The van der Waals surface area contributed by atoms with E-state index in [2.05, 4.69) is 55.2 Å². The Morgan fingerprint density at radius 3 is 2.50 bits per heavy atom. The zero-order valence-electron chi connectivity index (χ0n) is 14.9. The van der Waals surface area contributed by atoms with Crippen molar-refractivity contribution in [2.45, 2.75) is 53.0 Å². The lowest BCUT2D eigenvalue weighted by Crippen LogP contribution is -2.53. The second-order valence-electron chi connectivity index (χ2n) is 6.80. The molecule has 0 aliphatic heterocycles. The van der Waals surface area contributed by atoms with Gasteiger partial charge in [-0.25, -0.2) is 0 Å². The molecule has 24 heavy (non-hydrogen) atoms. The van der Waals surface area contributed by atoms with Gasteiger partial charge in [-0.3, -0.25) is 10.9 Å². The number of hydrogen-bond acceptors (Lipinski definition) is 2. The van der Waals surface area contributed by atoms with Crippen LogP contribution < -0.4 is 21.5 Å². The number of thiocarbonyl (C=S) groups is 2. The summed E-state index contributed by atoms with van der Waals surface area (Å²) >= 11 is 10.7. The average Bonchev–Trinajstić information content (AvgIpc) is 2.54. The van der Waals surface area contributed by atoms with Gasteiger partial charge in [-0.05, 0) is 73.7 Å². The van der Waals surface area contributed by atoms with Crippen LogP contribution in [-0.2, 0) is 0 Å². The molecule has 3 atom stereocenters. The molecule has 0 spiro atoms. The minimum absolute atomic E-state index is 0.427. The Kier molecular flexibility index (Phi) is 6.80. The number of hydrazine groups is 1. The molecule has 0 saturated heterocycles. The fourth-order valence-corrected chi connectivity index (χ4v) is 3.51. The highest BCUT2D eigenvalue weighted by molar-refractivity contribution is 7.80. The van der Waals surface area contributed by atoms with Crippen LogP contribution in [-0.4, -0.2) is 16.3 Å². The van der Waals surface area contributed by atoms with Crippen LogP contribution in [0.3, 0.4) is 0 Å². The standard InChI is InChI=1S/C18H28N4S2/c1-11-7-5-9-15(13(11)3)19-17(23)21-22-18(24)20-16-10-6-8-12(2)14(16)4/h5,7,9,12,14,16H,6,8,10H2,1-4H3,(H2,19,21,23)(H2,20,22,24)/t12-,14-,16-/m0/s1. The first-order chi connectivity index (χ1) is 11.4. The Hall–Kier alpha value is -1.40. The van der Waals surface area contributed by atoms with Crippen LogP contribution in [0, 0.1) is 25.7 Å². The molecule has 2 rings (SSSR count). The summed E-state index contributed by atoms with van der Waals surface area (Å²) in [6.07, 6.45) is 3.73. The third-order valence-corrected chi connectivity index (χ3v) is 5.59. The SMILES string of the molecule is Cc1cccc(NC(=S)NNC(=S)N[C@H]2CCC[C@H](C)[C@@H]2C)c1C. The van der Waals surface area contributed by atoms with Crippen molar-refractivity contribution in [1.82, 2.24) is 16.2 Å². The van der Waals surface area contributed by atoms with Crippen LogP contribution in [0.4, 0.5) is 5.69 Å². The van der Waals surface area contributed by atoms with E-state index in [1.54, 1.807) is 0 Å². The highest BCUT2D eigenvalue weighted by Gasteiger charge is 2.27. The maximum absolute atomic E-state index is 5.38. The molecule has 1 aromatic rings. The Morgan fingerprint density at radius 1 is 1.04 bits per heavy atom. The van der Waals surface area contributed by atoms with E-state index < -0.39 is 0 Å². The van der Waals surface area contributed by atoms with Gasteiger partial charge in [-0.15, -0.1) is 0 Å². The first kappa shape index (κ1) is 18.9. The van der Waals surface area contributed by atoms with E-state index in [0.717, 1.165) is 11.6 Å². The molecular formula is C18H28N4S2. The molecule has 4 N–H and O–H groups in total. The van der Waals surface area contributed by atoms with E-state index >= 15 is 0 Å². The molecule has 0 aromatic heterocycles. The molecule has 4 nitrogen and oxygen atoms in total. The third kappa shape index (κ3) is 5.05. The number of benzene rings is 1. The van der Waals surface area contributed by atoms with Gasteiger partial charge in [0, 0.05) is 11.7 Å². The van der Waals surface area contributed by atoms with Gasteiger partial charge in [-0.2, -0.15) is 0 Å². The molecule has 6 heteroatoms. The van der Waals surface area contributed by atoms with E-state index in [9.17, 15) is 0 Å². The Balaban J connectivity index is 1.79. The lowest BCUT2D eigenvalue weighted by atomic mass is 9.78. The molecule has 1 saturated carbocycles. The van der Waals surface area contributed by atoms with Gasteiger partial charge in [0.2, 0.25) is 0 Å². The molecule has 0 amide bonds. The molecule has 1 aromatic carbocycles. The normalized spacial score (nSPS) is 23.2. The Morgan fingerprint density at radius 2 is 1.75 bits per heavy atom. The van der Waals surface area contributed by atoms with Crippen molar-refractivity contribution in [2.24, 2.45) is 11.8 Å². The molecule has 0 unspecified atom stereocenters. The molecule has 0 radical (unpaired) electrons. The minimum Gasteiger partial charge on any atom is -0.358 e. The number of hydrogen-bond donors (Lipinski definition) is 4. The number of rotatable bonds is 2. The van der Waals surface area contributed by atoms with Gasteiger partial charge in [0.1, 0.15) is 0 Å².